The third-order valence-corrected chi connectivity index (χ3v) is 4.11. The maximum atomic E-state index is 11.8. The summed E-state index contributed by atoms with van der Waals surface area (Å²) in [7, 11) is 1.38. The summed E-state index contributed by atoms with van der Waals surface area (Å²) in [5, 5.41) is 17.0. The molecule has 0 aliphatic carbocycles. The van der Waals surface area contributed by atoms with Crippen LogP contribution in [0, 0.1) is 10.1 Å². The first-order chi connectivity index (χ1) is 10.6. The lowest BCUT2D eigenvalue weighted by Crippen LogP contribution is -2.45. The molecule has 0 bridgehead atoms. The summed E-state index contributed by atoms with van der Waals surface area (Å²) in [5.41, 5.74) is 3.34. The molecule has 0 unspecified atom stereocenters. The smallest absolute Gasteiger partial charge is 0.311 e. The molecule has 0 atom stereocenters. The third-order valence-electron chi connectivity index (χ3n) is 3.30. The molecule has 22 heavy (non-hydrogen) atoms. The largest absolute Gasteiger partial charge is 0.490 e. The van der Waals surface area contributed by atoms with E-state index < -0.39 is 4.92 Å². The minimum absolute atomic E-state index is 0.142. The second-order valence-electron chi connectivity index (χ2n) is 4.55. The van der Waals surface area contributed by atoms with Crippen molar-refractivity contribution in [2.45, 2.75) is 0 Å². The first kappa shape index (κ1) is 14.4. The van der Waals surface area contributed by atoms with Crippen molar-refractivity contribution in [2.75, 3.05) is 19.4 Å². The second kappa shape index (κ2) is 5.68. The van der Waals surface area contributed by atoms with Gasteiger partial charge in [-0.25, -0.2) is 5.43 Å². The van der Waals surface area contributed by atoms with Gasteiger partial charge in [0.15, 0.2) is 11.6 Å². The van der Waals surface area contributed by atoms with Gasteiger partial charge in [0.05, 0.1) is 12.0 Å². The van der Waals surface area contributed by atoms with Crippen LogP contribution in [0.1, 0.15) is 5.56 Å². The molecule has 1 aromatic carbocycles. The van der Waals surface area contributed by atoms with Crippen LogP contribution in [0.25, 0.3) is 0 Å². The van der Waals surface area contributed by atoms with E-state index in [4.69, 9.17) is 4.74 Å². The number of amides is 1. The average molecular weight is 320 g/mol. The van der Waals surface area contributed by atoms with Gasteiger partial charge in [-0.3, -0.25) is 14.9 Å². The topological polar surface area (TPSA) is 97.1 Å². The van der Waals surface area contributed by atoms with Crippen LogP contribution in [0.3, 0.4) is 0 Å². The van der Waals surface area contributed by atoms with Gasteiger partial charge in [-0.2, -0.15) is 5.10 Å². The molecule has 2 aliphatic rings. The van der Waals surface area contributed by atoms with Crippen LogP contribution in [0.15, 0.2) is 34.4 Å². The number of thioether (sulfide) groups is 1. The molecule has 0 fully saturated rings. The van der Waals surface area contributed by atoms with Crippen LogP contribution in [-0.4, -0.2) is 41.0 Å². The summed E-state index contributed by atoms with van der Waals surface area (Å²) < 4.78 is 4.99. The van der Waals surface area contributed by atoms with Crippen molar-refractivity contribution in [3.8, 4) is 5.75 Å². The SMILES string of the molecule is COc1ccc(C2=NNC(=O)C3=CSCCN32)cc1[N+](=O)[O-]. The molecule has 114 valence electrons. The number of benzene rings is 1. The molecule has 0 aromatic heterocycles. The van der Waals surface area contributed by atoms with E-state index in [1.165, 1.54) is 19.2 Å². The quantitative estimate of drug-likeness (QED) is 0.666. The van der Waals surface area contributed by atoms with Crippen LogP contribution in [0.4, 0.5) is 5.69 Å². The molecule has 9 heteroatoms. The lowest BCUT2D eigenvalue weighted by molar-refractivity contribution is -0.385. The standard InChI is InChI=1S/C13H12N4O4S/c1-21-11-3-2-8(6-9(11)17(19)20)12-14-15-13(18)10-7-22-5-4-16(10)12/h2-3,6-7H,4-5H2,1H3,(H,15,18). The number of nitro groups is 1. The zero-order chi connectivity index (χ0) is 15.7. The number of carbonyl (C=O) groups excluding carboxylic acids is 1. The number of hydrazone groups is 1. The highest BCUT2D eigenvalue weighted by Crippen LogP contribution is 2.30. The highest BCUT2D eigenvalue weighted by Gasteiger charge is 2.30. The molecular weight excluding hydrogens is 308 g/mol. The van der Waals surface area contributed by atoms with Crippen molar-refractivity contribution >= 4 is 29.2 Å². The highest BCUT2D eigenvalue weighted by molar-refractivity contribution is 8.02. The maximum absolute atomic E-state index is 11.8. The fraction of sp³-hybridized carbons (Fsp3) is 0.231. The summed E-state index contributed by atoms with van der Waals surface area (Å²) >= 11 is 1.55. The Balaban J connectivity index is 2.05. The Kier molecular flexibility index (Phi) is 3.72. The first-order valence-corrected chi connectivity index (χ1v) is 7.47. The second-order valence-corrected chi connectivity index (χ2v) is 5.52. The van der Waals surface area contributed by atoms with E-state index in [1.807, 2.05) is 0 Å². The van der Waals surface area contributed by atoms with Gasteiger partial charge in [-0.1, -0.05) is 0 Å². The molecule has 8 nitrogen and oxygen atoms in total. The molecule has 0 spiro atoms. The lowest BCUT2D eigenvalue weighted by Gasteiger charge is -2.32. The van der Waals surface area contributed by atoms with E-state index >= 15 is 0 Å². The number of carbonyl (C=O) groups is 1. The van der Waals surface area contributed by atoms with Crippen LogP contribution in [0.5, 0.6) is 5.75 Å². The fourth-order valence-corrected chi connectivity index (χ4v) is 3.07. The van der Waals surface area contributed by atoms with Gasteiger partial charge in [-0.15, -0.1) is 11.8 Å². The Hall–Kier alpha value is -2.55. The molecule has 3 rings (SSSR count). The maximum Gasteiger partial charge on any atom is 0.311 e. The number of nitro benzene ring substituents is 1. The van der Waals surface area contributed by atoms with Gasteiger partial charge in [0.1, 0.15) is 5.70 Å². The zero-order valence-corrected chi connectivity index (χ0v) is 12.4. The summed E-state index contributed by atoms with van der Waals surface area (Å²) in [4.78, 5) is 24.2. The normalized spacial score (nSPS) is 17.1. The minimum Gasteiger partial charge on any atom is -0.490 e. The summed E-state index contributed by atoms with van der Waals surface area (Å²) in [5.74, 6) is 1.20. The van der Waals surface area contributed by atoms with Gasteiger partial charge in [0, 0.05) is 29.3 Å². The van der Waals surface area contributed by atoms with Gasteiger partial charge >= 0.3 is 5.69 Å². The van der Waals surface area contributed by atoms with E-state index in [1.54, 1.807) is 28.1 Å². The number of ether oxygens (including phenoxy) is 1. The van der Waals surface area contributed by atoms with E-state index in [9.17, 15) is 14.9 Å². The number of nitrogens with zero attached hydrogens (tertiary/aromatic N) is 3. The van der Waals surface area contributed by atoms with Crippen molar-refractivity contribution in [1.82, 2.24) is 10.3 Å². The predicted molar refractivity (Wildman–Crippen MR) is 81.6 cm³/mol. The van der Waals surface area contributed by atoms with Crippen molar-refractivity contribution in [3.05, 3.63) is 45.0 Å². The predicted octanol–water partition coefficient (Wildman–Crippen LogP) is 1.28. The van der Waals surface area contributed by atoms with Crippen molar-refractivity contribution in [3.63, 3.8) is 0 Å². The van der Waals surface area contributed by atoms with Crippen molar-refractivity contribution < 1.29 is 14.5 Å². The van der Waals surface area contributed by atoms with Gasteiger partial charge in [-0.05, 0) is 12.1 Å². The summed E-state index contributed by atoms with van der Waals surface area (Å²) in [6.07, 6.45) is 0. The molecule has 2 heterocycles. The highest BCUT2D eigenvalue weighted by atomic mass is 32.2. The van der Waals surface area contributed by atoms with E-state index in [0.717, 1.165) is 5.75 Å². The Bertz CT molecular complexity index is 716. The Morgan fingerprint density at radius 1 is 1.50 bits per heavy atom. The van der Waals surface area contributed by atoms with Gasteiger partial charge < -0.3 is 9.64 Å². The zero-order valence-electron chi connectivity index (χ0n) is 11.6. The lowest BCUT2D eigenvalue weighted by atomic mass is 10.1. The Labute approximate surface area is 130 Å². The van der Waals surface area contributed by atoms with E-state index in [2.05, 4.69) is 10.5 Å². The van der Waals surface area contributed by atoms with Crippen LogP contribution in [-0.2, 0) is 4.79 Å². The number of nitrogens with one attached hydrogen (secondary N) is 1. The third kappa shape index (κ3) is 2.39. The summed E-state index contributed by atoms with van der Waals surface area (Å²) in [6, 6.07) is 4.60. The fourth-order valence-electron chi connectivity index (χ4n) is 2.28. The number of hydrogen-bond donors (Lipinski definition) is 1. The van der Waals surface area contributed by atoms with E-state index in [-0.39, 0.29) is 17.3 Å². The summed E-state index contributed by atoms with van der Waals surface area (Å²) in [6.45, 7) is 0.614. The van der Waals surface area contributed by atoms with Crippen molar-refractivity contribution in [1.29, 1.82) is 0 Å². The molecule has 2 aliphatic heterocycles. The number of amidine groups is 1. The Morgan fingerprint density at radius 2 is 2.32 bits per heavy atom. The van der Waals surface area contributed by atoms with Crippen LogP contribution < -0.4 is 10.2 Å². The van der Waals surface area contributed by atoms with E-state index in [0.29, 0.717) is 23.6 Å². The number of fused-ring (bicyclic) bond motifs is 1. The molecule has 1 aromatic rings. The monoisotopic (exact) mass is 320 g/mol. The minimum atomic E-state index is -0.507. The molecular formula is C13H12N4O4S. The molecule has 1 amide bonds. The average Bonchev–Trinajstić information content (AvgIpc) is 2.55. The molecule has 1 N–H and O–H groups in total. The van der Waals surface area contributed by atoms with Crippen LogP contribution in [0.2, 0.25) is 0 Å². The Morgan fingerprint density at radius 3 is 3.05 bits per heavy atom. The molecule has 0 saturated heterocycles. The van der Waals surface area contributed by atoms with Crippen molar-refractivity contribution in [2.24, 2.45) is 5.10 Å². The first-order valence-electron chi connectivity index (χ1n) is 6.42. The molecule has 0 radical (unpaired) electrons. The number of rotatable bonds is 3. The van der Waals surface area contributed by atoms with Crippen LogP contribution >= 0.6 is 11.8 Å². The number of hydrogen-bond acceptors (Lipinski definition) is 7. The molecule has 0 saturated carbocycles. The van der Waals surface area contributed by atoms with Gasteiger partial charge in [0.25, 0.3) is 5.91 Å². The number of methoxy groups -OCH3 is 1. The van der Waals surface area contributed by atoms with Gasteiger partial charge in [0.2, 0.25) is 0 Å².